The Kier molecular flexibility index (Phi) is 5.98. The van der Waals surface area contributed by atoms with Crippen molar-refractivity contribution in [1.82, 2.24) is 20.4 Å². The SMILES string of the molecule is CCCNCCNC(=O)c1cn(C)nc1-c1ccccc1Cl. The molecule has 0 saturated heterocycles. The van der Waals surface area contributed by atoms with E-state index in [2.05, 4.69) is 22.7 Å². The Labute approximate surface area is 135 Å². The van der Waals surface area contributed by atoms with Gasteiger partial charge in [-0.1, -0.05) is 36.7 Å². The molecule has 2 rings (SSSR count). The number of amides is 1. The highest BCUT2D eigenvalue weighted by Gasteiger charge is 2.18. The number of nitrogens with one attached hydrogen (secondary N) is 2. The minimum atomic E-state index is -0.138. The molecule has 1 aromatic heterocycles. The van der Waals surface area contributed by atoms with E-state index in [4.69, 9.17) is 11.6 Å². The minimum absolute atomic E-state index is 0.138. The standard InChI is InChI=1S/C16H21ClN4O/c1-3-8-18-9-10-19-16(22)13-11-21(2)20-15(13)12-6-4-5-7-14(12)17/h4-7,11,18H,3,8-10H2,1-2H3,(H,19,22). The molecule has 2 N–H and O–H groups in total. The molecule has 2 aromatic rings. The van der Waals surface area contributed by atoms with Crippen LogP contribution < -0.4 is 10.6 Å². The van der Waals surface area contributed by atoms with Gasteiger partial charge in [-0.15, -0.1) is 0 Å². The summed E-state index contributed by atoms with van der Waals surface area (Å²) >= 11 is 6.22. The van der Waals surface area contributed by atoms with Crippen molar-refractivity contribution in [3.8, 4) is 11.3 Å². The Balaban J connectivity index is 2.11. The second kappa shape index (κ2) is 7.96. The van der Waals surface area contributed by atoms with Crippen LogP contribution in [0.2, 0.25) is 5.02 Å². The van der Waals surface area contributed by atoms with E-state index in [-0.39, 0.29) is 5.91 Å². The monoisotopic (exact) mass is 320 g/mol. The van der Waals surface area contributed by atoms with Gasteiger partial charge >= 0.3 is 0 Å². The van der Waals surface area contributed by atoms with Crippen molar-refractivity contribution in [2.24, 2.45) is 7.05 Å². The zero-order valence-electron chi connectivity index (χ0n) is 12.9. The Morgan fingerprint density at radius 1 is 1.27 bits per heavy atom. The van der Waals surface area contributed by atoms with E-state index >= 15 is 0 Å². The summed E-state index contributed by atoms with van der Waals surface area (Å²) in [5.74, 6) is -0.138. The molecular weight excluding hydrogens is 300 g/mol. The molecule has 1 amide bonds. The van der Waals surface area contributed by atoms with Gasteiger partial charge in [0.15, 0.2) is 0 Å². The maximum absolute atomic E-state index is 12.4. The normalized spacial score (nSPS) is 10.7. The zero-order chi connectivity index (χ0) is 15.9. The fraction of sp³-hybridized carbons (Fsp3) is 0.375. The fourth-order valence-electron chi connectivity index (χ4n) is 2.17. The van der Waals surface area contributed by atoms with Crippen LogP contribution in [0, 0.1) is 0 Å². The van der Waals surface area contributed by atoms with E-state index in [1.165, 1.54) is 0 Å². The van der Waals surface area contributed by atoms with Gasteiger partial charge in [-0.25, -0.2) is 0 Å². The van der Waals surface area contributed by atoms with E-state index < -0.39 is 0 Å². The molecule has 0 radical (unpaired) electrons. The molecule has 0 aliphatic carbocycles. The number of aromatic nitrogens is 2. The number of carbonyl (C=O) groups excluding carboxylic acids is 1. The van der Waals surface area contributed by atoms with Crippen LogP contribution in [0.5, 0.6) is 0 Å². The van der Waals surface area contributed by atoms with Gasteiger partial charge in [0, 0.05) is 31.9 Å². The lowest BCUT2D eigenvalue weighted by Gasteiger charge is -2.07. The summed E-state index contributed by atoms with van der Waals surface area (Å²) in [7, 11) is 1.79. The van der Waals surface area contributed by atoms with Crippen molar-refractivity contribution in [3.63, 3.8) is 0 Å². The Morgan fingerprint density at radius 2 is 2.05 bits per heavy atom. The van der Waals surface area contributed by atoms with Gasteiger partial charge in [0.05, 0.1) is 10.6 Å². The first-order valence-electron chi connectivity index (χ1n) is 7.41. The van der Waals surface area contributed by atoms with Gasteiger partial charge in [-0.3, -0.25) is 9.48 Å². The largest absolute Gasteiger partial charge is 0.351 e. The van der Waals surface area contributed by atoms with Crippen molar-refractivity contribution >= 4 is 17.5 Å². The lowest BCUT2D eigenvalue weighted by molar-refractivity contribution is 0.0954. The zero-order valence-corrected chi connectivity index (χ0v) is 13.7. The summed E-state index contributed by atoms with van der Waals surface area (Å²) in [5.41, 5.74) is 1.90. The number of aryl methyl sites for hydroxylation is 1. The first-order chi connectivity index (χ1) is 10.6. The van der Waals surface area contributed by atoms with Crippen molar-refractivity contribution < 1.29 is 4.79 Å². The first-order valence-corrected chi connectivity index (χ1v) is 7.78. The van der Waals surface area contributed by atoms with Crippen LogP contribution in [0.25, 0.3) is 11.3 Å². The predicted octanol–water partition coefficient (Wildman–Crippen LogP) is 2.47. The number of carbonyl (C=O) groups is 1. The molecule has 0 fully saturated rings. The van der Waals surface area contributed by atoms with Gasteiger partial charge in [0.1, 0.15) is 5.69 Å². The van der Waals surface area contributed by atoms with Crippen LogP contribution in [-0.4, -0.2) is 35.3 Å². The average molecular weight is 321 g/mol. The van der Waals surface area contributed by atoms with E-state index in [1.54, 1.807) is 24.0 Å². The quantitative estimate of drug-likeness (QED) is 0.771. The van der Waals surface area contributed by atoms with Gasteiger partial charge in [-0.2, -0.15) is 5.10 Å². The number of halogens is 1. The van der Waals surface area contributed by atoms with Crippen LogP contribution >= 0.6 is 11.6 Å². The molecule has 0 atom stereocenters. The molecule has 0 unspecified atom stereocenters. The lowest BCUT2D eigenvalue weighted by atomic mass is 10.1. The third-order valence-electron chi connectivity index (χ3n) is 3.22. The second-order valence-corrected chi connectivity index (χ2v) is 5.46. The van der Waals surface area contributed by atoms with Crippen molar-refractivity contribution in [2.45, 2.75) is 13.3 Å². The van der Waals surface area contributed by atoms with E-state index in [1.807, 2.05) is 18.2 Å². The second-order valence-electron chi connectivity index (χ2n) is 5.05. The third-order valence-corrected chi connectivity index (χ3v) is 3.55. The molecule has 6 heteroatoms. The number of hydrogen-bond donors (Lipinski definition) is 2. The van der Waals surface area contributed by atoms with Crippen molar-refractivity contribution in [2.75, 3.05) is 19.6 Å². The first kappa shape index (κ1) is 16.5. The van der Waals surface area contributed by atoms with Gasteiger partial charge < -0.3 is 10.6 Å². The third kappa shape index (κ3) is 4.08. The summed E-state index contributed by atoms with van der Waals surface area (Å²) in [6.45, 7) is 4.39. The predicted molar refractivity (Wildman–Crippen MR) is 89.1 cm³/mol. The minimum Gasteiger partial charge on any atom is -0.351 e. The summed E-state index contributed by atoms with van der Waals surface area (Å²) in [6, 6.07) is 7.40. The molecule has 118 valence electrons. The molecule has 1 heterocycles. The molecule has 0 spiro atoms. The highest BCUT2D eigenvalue weighted by Crippen LogP contribution is 2.28. The summed E-state index contributed by atoms with van der Waals surface area (Å²) in [6.07, 6.45) is 2.79. The smallest absolute Gasteiger partial charge is 0.255 e. The van der Waals surface area contributed by atoms with Crippen molar-refractivity contribution in [1.29, 1.82) is 0 Å². The Hall–Kier alpha value is -1.85. The highest BCUT2D eigenvalue weighted by molar-refractivity contribution is 6.33. The molecule has 0 bridgehead atoms. The summed E-state index contributed by atoms with van der Waals surface area (Å²) in [4.78, 5) is 12.4. The average Bonchev–Trinajstić information content (AvgIpc) is 2.89. The molecule has 0 saturated carbocycles. The topological polar surface area (TPSA) is 58.9 Å². The molecule has 22 heavy (non-hydrogen) atoms. The maximum Gasteiger partial charge on any atom is 0.255 e. The van der Waals surface area contributed by atoms with Crippen molar-refractivity contribution in [3.05, 3.63) is 41.0 Å². The van der Waals surface area contributed by atoms with Crippen LogP contribution in [0.4, 0.5) is 0 Å². The van der Waals surface area contributed by atoms with Gasteiger partial charge in [0.2, 0.25) is 0 Å². The molecule has 0 aliphatic heterocycles. The molecular formula is C16H21ClN4O. The number of rotatable bonds is 7. The van der Waals surface area contributed by atoms with Gasteiger partial charge in [-0.05, 0) is 19.0 Å². The van der Waals surface area contributed by atoms with Crippen LogP contribution in [0.15, 0.2) is 30.5 Å². The van der Waals surface area contributed by atoms with E-state index in [9.17, 15) is 4.79 Å². The summed E-state index contributed by atoms with van der Waals surface area (Å²) < 4.78 is 1.63. The number of nitrogens with zero attached hydrogens (tertiary/aromatic N) is 2. The number of hydrogen-bond acceptors (Lipinski definition) is 3. The Morgan fingerprint density at radius 3 is 2.77 bits per heavy atom. The van der Waals surface area contributed by atoms with Crippen LogP contribution in [-0.2, 0) is 7.05 Å². The summed E-state index contributed by atoms with van der Waals surface area (Å²) in [5, 5.41) is 11.1. The molecule has 1 aromatic carbocycles. The Bertz CT molecular complexity index is 639. The van der Waals surface area contributed by atoms with Crippen LogP contribution in [0.1, 0.15) is 23.7 Å². The number of benzene rings is 1. The highest BCUT2D eigenvalue weighted by atomic mass is 35.5. The molecule has 5 nitrogen and oxygen atoms in total. The maximum atomic E-state index is 12.4. The van der Waals surface area contributed by atoms with E-state index in [0.29, 0.717) is 22.8 Å². The van der Waals surface area contributed by atoms with Crippen LogP contribution in [0.3, 0.4) is 0 Å². The molecule has 0 aliphatic rings. The fourth-order valence-corrected chi connectivity index (χ4v) is 2.39. The lowest BCUT2D eigenvalue weighted by Crippen LogP contribution is -2.32. The van der Waals surface area contributed by atoms with Gasteiger partial charge in [0.25, 0.3) is 5.91 Å². The van der Waals surface area contributed by atoms with E-state index in [0.717, 1.165) is 25.1 Å².